The van der Waals surface area contributed by atoms with Gasteiger partial charge in [-0.25, -0.2) is 4.79 Å². The molecule has 3 rings (SSSR count). The van der Waals surface area contributed by atoms with Crippen LogP contribution in [0.1, 0.15) is 80.1 Å². The van der Waals surface area contributed by atoms with E-state index >= 15 is 0 Å². The Balaban J connectivity index is 1.91. The maximum atomic E-state index is 12.9. The lowest BCUT2D eigenvalue weighted by atomic mass is 9.42. The third-order valence-corrected chi connectivity index (χ3v) is 7.70. The van der Waals surface area contributed by atoms with Gasteiger partial charge in [-0.3, -0.25) is 4.79 Å². The molecule has 2 fully saturated rings. The van der Waals surface area contributed by atoms with Gasteiger partial charge in [-0.15, -0.1) is 0 Å². The second-order valence-corrected chi connectivity index (χ2v) is 11.2. The summed E-state index contributed by atoms with van der Waals surface area (Å²) in [6, 6.07) is 0. The first-order chi connectivity index (χ1) is 13.4. The van der Waals surface area contributed by atoms with E-state index in [9.17, 15) is 14.4 Å². The molecule has 0 aliphatic heterocycles. The molecule has 0 aromatic rings. The number of Topliss-reactive ketones (excluding diaryl/α,β-unsaturated/α-hetero) is 1. The SMILES string of the molecule is CC(C)(C)OC(=O)NC[C@]12CCCC=C1[C@@]1(C)CC(C=O)C(=O)C(C)(C)[C@@H]1CC2. The summed E-state index contributed by atoms with van der Waals surface area (Å²) in [4.78, 5) is 37.0. The molecule has 0 aromatic carbocycles. The van der Waals surface area contributed by atoms with E-state index in [1.54, 1.807) is 0 Å². The number of carbonyl (C=O) groups is 3. The highest BCUT2D eigenvalue weighted by Gasteiger charge is 2.61. The third-order valence-electron chi connectivity index (χ3n) is 7.70. The molecule has 3 aliphatic carbocycles. The summed E-state index contributed by atoms with van der Waals surface area (Å²) in [6.45, 7) is 12.4. The molecule has 1 unspecified atom stereocenters. The number of ketones is 1. The second kappa shape index (κ2) is 7.24. The van der Waals surface area contributed by atoms with Gasteiger partial charge in [0, 0.05) is 17.4 Å². The monoisotopic (exact) mass is 403 g/mol. The number of nitrogens with one attached hydrogen (secondary N) is 1. The highest BCUT2D eigenvalue weighted by molar-refractivity contribution is 5.98. The highest BCUT2D eigenvalue weighted by atomic mass is 16.6. The van der Waals surface area contributed by atoms with E-state index < -0.39 is 16.9 Å². The number of ether oxygens (including phenoxy) is 1. The van der Waals surface area contributed by atoms with E-state index in [2.05, 4.69) is 18.3 Å². The smallest absolute Gasteiger partial charge is 0.407 e. The quantitative estimate of drug-likeness (QED) is 0.416. The minimum absolute atomic E-state index is 0.0887. The molecule has 5 heteroatoms. The summed E-state index contributed by atoms with van der Waals surface area (Å²) < 4.78 is 5.46. The topological polar surface area (TPSA) is 72.5 Å². The molecular weight excluding hydrogens is 366 g/mol. The Kier molecular flexibility index (Phi) is 5.51. The number of hydrogen-bond acceptors (Lipinski definition) is 4. The lowest BCUT2D eigenvalue weighted by molar-refractivity contribution is -0.151. The highest BCUT2D eigenvalue weighted by Crippen LogP contribution is 2.65. The number of carbonyl (C=O) groups excluding carboxylic acids is 3. The van der Waals surface area contributed by atoms with Crippen molar-refractivity contribution in [2.24, 2.45) is 28.1 Å². The van der Waals surface area contributed by atoms with Gasteiger partial charge in [-0.05, 0) is 70.6 Å². The van der Waals surface area contributed by atoms with Crippen molar-refractivity contribution in [2.45, 2.75) is 85.7 Å². The minimum Gasteiger partial charge on any atom is -0.444 e. The predicted octanol–water partition coefficient (Wildman–Crippen LogP) is 4.84. The van der Waals surface area contributed by atoms with Crippen LogP contribution in [0.15, 0.2) is 11.6 Å². The molecule has 29 heavy (non-hydrogen) atoms. The van der Waals surface area contributed by atoms with Gasteiger partial charge in [0.05, 0.1) is 5.92 Å². The van der Waals surface area contributed by atoms with Gasteiger partial charge >= 0.3 is 6.09 Å². The van der Waals surface area contributed by atoms with Crippen molar-refractivity contribution < 1.29 is 19.1 Å². The van der Waals surface area contributed by atoms with Gasteiger partial charge in [0.15, 0.2) is 0 Å². The Hall–Kier alpha value is -1.65. The van der Waals surface area contributed by atoms with E-state index in [4.69, 9.17) is 4.74 Å². The molecule has 5 nitrogen and oxygen atoms in total. The van der Waals surface area contributed by atoms with Crippen LogP contribution in [0.3, 0.4) is 0 Å². The van der Waals surface area contributed by atoms with Crippen LogP contribution in [0.5, 0.6) is 0 Å². The predicted molar refractivity (Wildman–Crippen MR) is 112 cm³/mol. The molecule has 0 aromatic heterocycles. The van der Waals surface area contributed by atoms with E-state index in [1.165, 1.54) is 5.57 Å². The zero-order valence-corrected chi connectivity index (χ0v) is 18.9. The first kappa shape index (κ1) is 22.0. The molecule has 1 amide bonds. The summed E-state index contributed by atoms with van der Waals surface area (Å²) in [5, 5.41) is 3.03. The first-order valence-corrected chi connectivity index (χ1v) is 11.0. The van der Waals surface area contributed by atoms with Crippen molar-refractivity contribution in [3.05, 3.63) is 11.6 Å². The maximum Gasteiger partial charge on any atom is 0.407 e. The van der Waals surface area contributed by atoms with Gasteiger partial charge in [0.2, 0.25) is 0 Å². The Morgan fingerprint density at radius 2 is 1.97 bits per heavy atom. The summed E-state index contributed by atoms with van der Waals surface area (Å²) in [7, 11) is 0. The number of alkyl carbamates (subject to hydrolysis) is 1. The molecule has 3 aliphatic rings. The van der Waals surface area contributed by atoms with Crippen LogP contribution in [-0.4, -0.2) is 30.3 Å². The van der Waals surface area contributed by atoms with Crippen LogP contribution >= 0.6 is 0 Å². The number of fused-ring (bicyclic) bond motifs is 3. The van der Waals surface area contributed by atoms with Gasteiger partial charge in [0.1, 0.15) is 17.7 Å². The summed E-state index contributed by atoms with van der Waals surface area (Å²) >= 11 is 0. The van der Waals surface area contributed by atoms with Gasteiger partial charge in [-0.2, -0.15) is 0 Å². The molecule has 0 spiro atoms. The molecule has 0 radical (unpaired) electrons. The molecule has 0 heterocycles. The van der Waals surface area contributed by atoms with Crippen molar-refractivity contribution in [1.82, 2.24) is 5.32 Å². The fraction of sp³-hybridized carbons (Fsp3) is 0.792. The number of aldehydes is 1. The average molecular weight is 404 g/mol. The van der Waals surface area contributed by atoms with Crippen molar-refractivity contribution in [3.8, 4) is 0 Å². The van der Waals surface area contributed by atoms with Crippen molar-refractivity contribution >= 4 is 18.2 Å². The molecular formula is C24H37NO4. The summed E-state index contributed by atoms with van der Waals surface area (Å²) in [6.07, 6.45) is 8.44. The lowest BCUT2D eigenvalue weighted by Gasteiger charge is -2.61. The standard InChI is InChI=1S/C24H37NO4/c1-21(2,3)29-20(28)25-15-24-11-8-7-9-18(24)23(6)13-16(14-26)19(27)22(4,5)17(23)10-12-24/h9,14,16-17H,7-8,10-13,15H2,1-6H3,(H,25,28)/t16?,17-,23-,24+/m0/s1. The lowest BCUT2D eigenvalue weighted by Crippen LogP contribution is -2.59. The van der Waals surface area contributed by atoms with Crippen LogP contribution in [0.2, 0.25) is 0 Å². The second-order valence-electron chi connectivity index (χ2n) is 11.2. The van der Waals surface area contributed by atoms with Crippen LogP contribution < -0.4 is 5.32 Å². The number of rotatable bonds is 3. The molecule has 1 N–H and O–H groups in total. The van der Waals surface area contributed by atoms with Crippen molar-refractivity contribution in [1.29, 1.82) is 0 Å². The fourth-order valence-corrected chi connectivity index (χ4v) is 6.61. The Bertz CT molecular complexity index is 732. The van der Waals surface area contributed by atoms with Gasteiger partial charge in [0.25, 0.3) is 0 Å². The van der Waals surface area contributed by atoms with Crippen molar-refractivity contribution in [2.75, 3.05) is 6.54 Å². The largest absolute Gasteiger partial charge is 0.444 e. The Morgan fingerprint density at radius 1 is 1.28 bits per heavy atom. The normalized spacial score (nSPS) is 36.3. The van der Waals surface area contributed by atoms with E-state index in [0.29, 0.717) is 13.0 Å². The van der Waals surface area contributed by atoms with Crippen LogP contribution in [-0.2, 0) is 14.3 Å². The molecule has 4 atom stereocenters. The molecule has 0 bridgehead atoms. The zero-order chi connectivity index (χ0) is 21.7. The first-order valence-electron chi connectivity index (χ1n) is 11.0. The zero-order valence-electron chi connectivity index (χ0n) is 18.9. The number of amides is 1. The van der Waals surface area contributed by atoms with E-state index in [1.807, 2.05) is 34.6 Å². The average Bonchev–Trinajstić information content (AvgIpc) is 2.62. The van der Waals surface area contributed by atoms with Crippen LogP contribution in [0, 0.1) is 28.1 Å². The number of hydrogen-bond donors (Lipinski definition) is 1. The molecule has 0 saturated heterocycles. The van der Waals surface area contributed by atoms with Crippen LogP contribution in [0.4, 0.5) is 4.79 Å². The Morgan fingerprint density at radius 3 is 2.59 bits per heavy atom. The summed E-state index contributed by atoms with van der Waals surface area (Å²) in [5.74, 6) is -0.229. The van der Waals surface area contributed by atoms with Crippen LogP contribution in [0.25, 0.3) is 0 Å². The van der Waals surface area contributed by atoms with E-state index in [-0.39, 0.29) is 28.6 Å². The molecule has 2 saturated carbocycles. The fourth-order valence-electron chi connectivity index (χ4n) is 6.61. The minimum atomic E-state index is -0.538. The van der Waals surface area contributed by atoms with Crippen molar-refractivity contribution in [3.63, 3.8) is 0 Å². The third kappa shape index (κ3) is 3.77. The van der Waals surface area contributed by atoms with Gasteiger partial charge in [-0.1, -0.05) is 32.4 Å². The van der Waals surface area contributed by atoms with E-state index in [0.717, 1.165) is 38.4 Å². The van der Waals surface area contributed by atoms with Gasteiger partial charge < -0.3 is 14.8 Å². The Labute approximate surface area is 175 Å². The number of allylic oxidation sites excluding steroid dienone is 1. The maximum absolute atomic E-state index is 12.9. The molecule has 162 valence electrons. The summed E-state index contributed by atoms with van der Waals surface area (Å²) in [5.41, 5.74) is 0.0149.